The Kier molecular flexibility index (Phi) is 10.6. The molecule has 0 spiro atoms. The number of aliphatic hydroxyl groups excluding tert-OH is 2. The number of hydrogen-bond donors (Lipinski definition) is 2. The maximum absolute atomic E-state index is 11.4. The van der Waals surface area contributed by atoms with E-state index in [9.17, 15) is 10.2 Å². The molecule has 292 valence electrons. The van der Waals surface area contributed by atoms with Crippen LogP contribution in [0.5, 0.6) is 11.5 Å². The van der Waals surface area contributed by atoms with Crippen LogP contribution in [0.1, 0.15) is 146 Å². The summed E-state index contributed by atoms with van der Waals surface area (Å²) in [6, 6.07) is 21.2. The minimum Gasteiger partial charge on any atom is -0.496 e. The highest BCUT2D eigenvalue weighted by Gasteiger charge is 2.36. The molecule has 4 aliphatic rings. The van der Waals surface area contributed by atoms with Gasteiger partial charge in [-0.05, 0) is 159 Å². The number of para-hydroxylation sites is 2. The van der Waals surface area contributed by atoms with Gasteiger partial charge in [0.25, 0.3) is 0 Å². The smallest absolute Gasteiger partial charge is 0.122 e. The van der Waals surface area contributed by atoms with Gasteiger partial charge in [-0.3, -0.25) is 0 Å². The first-order valence-corrected chi connectivity index (χ1v) is 21.0. The second kappa shape index (κ2) is 16.1. The standard InChI is InChI=1S/2C24H28N2O2/c2*1-28-22-5-3-2-4-19(22)16-8-10-18(11-9-16)24(27)23-20(17-6-7-17)12-13-26-15-25-14-21(23)26/h2*2-5,12-18,24,27H,6-11H2,1H3/t2*16?,18?,24-/m10/s1. The molecule has 4 aliphatic carbocycles. The Hall–Kier alpha value is -4.66. The zero-order valence-corrected chi connectivity index (χ0v) is 32.8. The summed E-state index contributed by atoms with van der Waals surface area (Å²) in [5.74, 6) is 4.89. The van der Waals surface area contributed by atoms with Crippen LogP contribution in [0, 0.1) is 11.8 Å². The Balaban J connectivity index is 0.000000146. The maximum Gasteiger partial charge on any atom is 0.122 e. The van der Waals surface area contributed by atoms with Crippen molar-refractivity contribution in [2.45, 2.75) is 113 Å². The van der Waals surface area contributed by atoms with Crippen molar-refractivity contribution >= 4 is 11.0 Å². The molecule has 0 radical (unpaired) electrons. The topological polar surface area (TPSA) is 93.5 Å². The first-order chi connectivity index (χ1) is 27.5. The molecule has 4 heterocycles. The van der Waals surface area contributed by atoms with E-state index in [2.05, 4.69) is 70.9 Å². The molecule has 2 atom stereocenters. The van der Waals surface area contributed by atoms with E-state index in [-0.39, 0.29) is 0 Å². The Bertz CT molecular complexity index is 2090. The van der Waals surface area contributed by atoms with Crippen molar-refractivity contribution in [1.82, 2.24) is 18.8 Å². The predicted molar refractivity (Wildman–Crippen MR) is 220 cm³/mol. The third-order valence-corrected chi connectivity index (χ3v) is 13.6. The number of aliphatic hydroxyl groups is 2. The second-order valence-corrected chi connectivity index (χ2v) is 16.9. The molecule has 0 saturated heterocycles. The lowest BCUT2D eigenvalue weighted by atomic mass is 9.74. The zero-order chi connectivity index (χ0) is 38.2. The number of benzene rings is 2. The van der Waals surface area contributed by atoms with E-state index in [0.29, 0.717) is 35.5 Å². The van der Waals surface area contributed by atoms with Crippen LogP contribution in [0.4, 0.5) is 0 Å². The third kappa shape index (κ3) is 7.34. The molecule has 0 amide bonds. The van der Waals surface area contributed by atoms with Gasteiger partial charge in [0.2, 0.25) is 0 Å². The van der Waals surface area contributed by atoms with Crippen LogP contribution < -0.4 is 9.47 Å². The van der Waals surface area contributed by atoms with Gasteiger partial charge in [0.05, 0.1) is 62.5 Å². The monoisotopic (exact) mass is 752 g/mol. The lowest BCUT2D eigenvalue weighted by molar-refractivity contribution is 0.0806. The molecular weight excluding hydrogens is 697 g/mol. The van der Waals surface area contributed by atoms with Crippen LogP contribution in [0.3, 0.4) is 0 Å². The normalized spacial score (nSPS) is 23.6. The van der Waals surface area contributed by atoms with Crippen LogP contribution in [-0.2, 0) is 0 Å². The van der Waals surface area contributed by atoms with Gasteiger partial charge >= 0.3 is 0 Å². The molecular formula is C48H56N4O4. The summed E-state index contributed by atoms with van der Waals surface area (Å²) in [5, 5.41) is 22.8. The highest BCUT2D eigenvalue weighted by Crippen LogP contribution is 2.50. The maximum atomic E-state index is 11.4. The van der Waals surface area contributed by atoms with Crippen molar-refractivity contribution < 1.29 is 19.7 Å². The molecule has 6 aromatic rings. The van der Waals surface area contributed by atoms with Gasteiger partial charge in [0.15, 0.2) is 0 Å². The van der Waals surface area contributed by atoms with E-state index >= 15 is 0 Å². The highest BCUT2D eigenvalue weighted by atomic mass is 16.5. The lowest BCUT2D eigenvalue weighted by Gasteiger charge is -2.33. The number of fused-ring (bicyclic) bond motifs is 2. The number of methoxy groups -OCH3 is 2. The molecule has 8 nitrogen and oxygen atoms in total. The van der Waals surface area contributed by atoms with E-state index in [1.54, 1.807) is 14.2 Å². The van der Waals surface area contributed by atoms with Crippen molar-refractivity contribution in [3.8, 4) is 11.5 Å². The molecule has 10 rings (SSSR count). The van der Waals surface area contributed by atoms with Gasteiger partial charge in [0, 0.05) is 23.5 Å². The Morgan fingerprint density at radius 1 is 0.500 bits per heavy atom. The largest absolute Gasteiger partial charge is 0.496 e. The number of hydrogen-bond acceptors (Lipinski definition) is 6. The van der Waals surface area contributed by atoms with E-state index in [0.717, 1.165) is 85.0 Å². The second-order valence-electron chi connectivity index (χ2n) is 16.9. The Morgan fingerprint density at radius 3 is 1.23 bits per heavy atom. The van der Waals surface area contributed by atoms with Gasteiger partial charge in [0.1, 0.15) is 11.5 Å². The van der Waals surface area contributed by atoms with Crippen molar-refractivity contribution in [3.05, 3.63) is 131 Å². The molecule has 2 N–H and O–H groups in total. The lowest BCUT2D eigenvalue weighted by Crippen LogP contribution is -2.21. The molecule has 4 fully saturated rings. The number of pyridine rings is 2. The average Bonchev–Trinajstić information content (AvgIpc) is 4.19. The van der Waals surface area contributed by atoms with Crippen molar-refractivity contribution in [2.75, 3.05) is 14.2 Å². The molecule has 4 aromatic heterocycles. The molecule has 8 heteroatoms. The summed E-state index contributed by atoms with van der Waals surface area (Å²) < 4.78 is 15.2. The van der Waals surface area contributed by atoms with Crippen LogP contribution in [0.15, 0.2) is 98.1 Å². The van der Waals surface area contributed by atoms with Crippen LogP contribution >= 0.6 is 0 Å². The van der Waals surface area contributed by atoms with Gasteiger partial charge in [-0.1, -0.05) is 36.4 Å². The first-order valence-electron chi connectivity index (χ1n) is 21.0. The van der Waals surface area contributed by atoms with Crippen LogP contribution in [0.2, 0.25) is 0 Å². The van der Waals surface area contributed by atoms with Crippen LogP contribution in [0.25, 0.3) is 11.0 Å². The first kappa shape index (κ1) is 36.9. The highest BCUT2D eigenvalue weighted by molar-refractivity contribution is 5.60. The molecule has 0 unspecified atom stereocenters. The van der Waals surface area contributed by atoms with E-state index in [1.165, 1.54) is 47.9 Å². The fourth-order valence-electron chi connectivity index (χ4n) is 10.2. The zero-order valence-electron chi connectivity index (χ0n) is 32.8. The summed E-state index contributed by atoms with van der Waals surface area (Å²) in [4.78, 5) is 8.64. The van der Waals surface area contributed by atoms with Gasteiger partial charge in [-0.15, -0.1) is 0 Å². The average molecular weight is 753 g/mol. The van der Waals surface area contributed by atoms with Crippen LogP contribution in [-0.4, -0.2) is 43.2 Å². The third-order valence-electron chi connectivity index (χ3n) is 13.6. The molecule has 2 aromatic carbocycles. The van der Waals surface area contributed by atoms with E-state index in [1.807, 2.05) is 46.0 Å². The van der Waals surface area contributed by atoms with Gasteiger partial charge in [-0.2, -0.15) is 0 Å². The molecule has 56 heavy (non-hydrogen) atoms. The molecule has 4 saturated carbocycles. The molecule has 0 aliphatic heterocycles. The summed E-state index contributed by atoms with van der Waals surface area (Å²) >= 11 is 0. The summed E-state index contributed by atoms with van der Waals surface area (Å²) in [6.45, 7) is 0. The molecule has 0 bridgehead atoms. The number of nitrogens with zero attached hydrogens (tertiary/aromatic N) is 4. The Labute approximate surface area is 330 Å². The Morgan fingerprint density at radius 2 is 0.857 bits per heavy atom. The van der Waals surface area contributed by atoms with E-state index < -0.39 is 12.2 Å². The van der Waals surface area contributed by atoms with Crippen molar-refractivity contribution in [2.24, 2.45) is 11.8 Å². The predicted octanol–water partition coefficient (Wildman–Crippen LogP) is 10.5. The van der Waals surface area contributed by atoms with Gasteiger partial charge < -0.3 is 28.5 Å². The number of imidazole rings is 2. The van der Waals surface area contributed by atoms with Crippen molar-refractivity contribution in [1.29, 1.82) is 0 Å². The SMILES string of the molecule is COc1ccccc1C1CCC([C@@H](O)c2c(C3CC3)ccn3cncc23)CC1.COc1ccccc1C1CCC([C@H](O)c2c(C3CC3)ccn3cncc23)CC1. The van der Waals surface area contributed by atoms with Crippen molar-refractivity contribution in [3.63, 3.8) is 0 Å². The summed E-state index contributed by atoms with van der Waals surface area (Å²) in [5.41, 5.74) is 9.71. The summed E-state index contributed by atoms with van der Waals surface area (Å²) in [6.07, 6.45) is 24.4. The number of rotatable bonds is 10. The summed E-state index contributed by atoms with van der Waals surface area (Å²) in [7, 11) is 3.50. The minimum atomic E-state index is -0.408. The minimum absolute atomic E-state index is 0.310. The van der Waals surface area contributed by atoms with E-state index in [4.69, 9.17) is 9.47 Å². The fraction of sp³-hybridized carbons (Fsp3) is 0.458. The number of aromatic nitrogens is 4. The number of ether oxygens (including phenoxy) is 2. The fourth-order valence-corrected chi connectivity index (χ4v) is 10.2. The quantitative estimate of drug-likeness (QED) is 0.145. The van der Waals surface area contributed by atoms with Gasteiger partial charge in [-0.25, -0.2) is 9.97 Å².